The summed E-state index contributed by atoms with van der Waals surface area (Å²) in [7, 11) is 0. The summed E-state index contributed by atoms with van der Waals surface area (Å²) in [5, 5.41) is 40.4. The highest BCUT2D eigenvalue weighted by molar-refractivity contribution is 5.90. The Kier molecular flexibility index (Phi) is 8.44. The Morgan fingerprint density at radius 3 is 2.50 bits per heavy atom. The molecule has 0 spiro atoms. The average Bonchev–Trinajstić information content (AvgIpc) is 3.59. The lowest BCUT2D eigenvalue weighted by Crippen LogP contribution is -2.59. The lowest BCUT2D eigenvalue weighted by Gasteiger charge is -2.39. The smallest absolute Gasteiger partial charge is 0.317 e. The van der Waals surface area contributed by atoms with Crippen molar-refractivity contribution in [2.24, 2.45) is 5.92 Å². The molecule has 1 saturated heterocycles. The monoisotopic (exact) mass is 618 g/mol. The van der Waals surface area contributed by atoms with E-state index in [4.69, 9.17) is 43.3 Å². The van der Waals surface area contributed by atoms with Gasteiger partial charge in [-0.15, -0.1) is 0 Å². The first-order valence-electron chi connectivity index (χ1n) is 14.4. The van der Waals surface area contributed by atoms with Gasteiger partial charge in [0.25, 0.3) is 0 Å². The molecule has 4 aliphatic rings. The summed E-state index contributed by atoms with van der Waals surface area (Å²) in [6, 6.07) is 7.19. The molecule has 7 atom stereocenters. The number of esters is 1. The molecule has 4 aliphatic heterocycles. The van der Waals surface area contributed by atoms with Gasteiger partial charge in [-0.25, -0.2) is 0 Å². The maximum absolute atomic E-state index is 11.5. The van der Waals surface area contributed by atoms with Gasteiger partial charge in [0, 0.05) is 17.2 Å². The molecular weight excluding hydrogens is 584 g/mol. The van der Waals surface area contributed by atoms with E-state index in [0.29, 0.717) is 41.9 Å². The summed E-state index contributed by atoms with van der Waals surface area (Å²) in [4.78, 5) is 33.2. The molecule has 1 fully saturated rings. The number of benzene rings is 2. The summed E-state index contributed by atoms with van der Waals surface area (Å²) in [6.07, 6.45) is -7.73. The highest BCUT2D eigenvalue weighted by Gasteiger charge is 2.47. The Bertz CT molecular complexity index is 1410. The number of carboxylic acids is 1. The topological polar surface area (TPSA) is 189 Å². The van der Waals surface area contributed by atoms with Crippen molar-refractivity contribution >= 4 is 11.9 Å². The van der Waals surface area contributed by atoms with Crippen molar-refractivity contribution in [1.29, 1.82) is 0 Å². The van der Waals surface area contributed by atoms with Crippen LogP contribution >= 0.6 is 0 Å². The SMILES string of the molecule is CC(C)CCc1cc(OOC2C(O)OC(COC(=O)CC(=O)O)C(O)C2O)cc2c1OCC1c3cc4c(cc3OC21)OCO4. The van der Waals surface area contributed by atoms with Crippen molar-refractivity contribution in [2.45, 2.75) is 75.8 Å². The number of carboxylic acid groups (broad SMARTS) is 1. The third kappa shape index (κ3) is 5.95. The van der Waals surface area contributed by atoms with Crippen LogP contribution in [0.25, 0.3) is 0 Å². The standard InChI is InChI=1S/C30H34O14/c1-13(2)3-4-14-5-15(43-44-29-26(35)25(34)22(42-30(29)36)11-37-24(33)9-23(31)32)6-17-27(14)38-10-18-16-7-20-21(40-12-39-20)8-19(16)41-28(17)18/h5-8,13,18,22,25-26,28-30,34-36H,3-4,9-12H2,1-2H3,(H,31,32). The zero-order chi connectivity index (χ0) is 31.1. The van der Waals surface area contributed by atoms with Gasteiger partial charge < -0.3 is 53.7 Å². The number of aliphatic carboxylic acids is 1. The van der Waals surface area contributed by atoms with E-state index in [-0.39, 0.29) is 18.5 Å². The van der Waals surface area contributed by atoms with Gasteiger partial charge in [0.2, 0.25) is 6.79 Å². The maximum Gasteiger partial charge on any atom is 0.317 e. The molecule has 2 aromatic carbocycles. The fourth-order valence-corrected chi connectivity index (χ4v) is 5.71. The largest absolute Gasteiger partial charge is 0.492 e. The second kappa shape index (κ2) is 12.3. The van der Waals surface area contributed by atoms with Crippen LogP contribution in [0.5, 0.6) is 28.7 Å². The second-order valence-electron chi connectivity index (χ2n) is 11.6. The molecule has 0 aliphatic carbocycles. The lowest BCUT2D eigenvalue weighted by molar-refractivity contribution is -0.365. The number of hydrogen-bond acceptors (Lipinski definition) is 13. The molecule has 0 radical (unpaired) electrons. The number of aliphatic hydroxyl groups is 3. The number of aliphatic hydroxyl groups excluding tert-OH is 3. The van der Waals surface area contributed by atoms with E-state index in [9.17, 15) is 24.9 Å². The molecule has 7 unspecified atom stereocenters. The fraction of sp³-hybridized carbons (Fsp3) is 0.533. The minimum Gasteiger partial charge on any atom is -0.492 e. The van der Waals surface area contributed by atoms with Crippen molar-refractivity contribution in [3.8, 4) is 28.7 Å². The number of aryl methyl sites for hydroxylation is 1. The van der Waals surface area contributed by atoms with Crippen molar-refractivity contribution in [2.75, 3.05) is 20.0 Å². The Morgan fingerprint density at radius 1 is 0.977 bits per heavy atom. The number of fused-ring (bicyclic) bond motifs is 6. The molecule has 238 valence electrons. The zero-order valence-electron chi connectivity index (χ0n) is 24.0. The molecule has 0 amide bonds. The van der Waals surface area contributed by atoms with Crippen molar-refractivity contribution in [3.63, 3.8) is 0 Å². The number of carbonyl (C=O) groups is 2. The van der Waals surface area contributed by atoms with Gasteiger partial charge in [0.05, 0.1) is 12.5 Å². The van der Waals surface area contributed by atoms with Gasteiger partial charge in [-0.3, -0.25) is 9.59 Å². The first-order valence-corrected chi connectivity index (χ1v) is 14.4. The van der Waals surface area contributed by atoms with Crippen LogP contribution in [0.2, 0.25) is 0 Å². The van der Waals surface area contributed by atoms with Crippen LogP contribution in [0.1, 0.15) is 55.4 Å². The molecule has 0 aromatic heterocycles. The maximum atomic E-state index is 11.5. The van der Waals surface area contributed by atoms with Crippen LogP contribution in [-0.2, 0) is 30.4 Å². The van der Waals surface area contributed by atoms with Crippen LogP contribution in [-0.4, -0.2) is 83.1 Å². The lowest BCUT2D eigenvalue weighted by atomic mass is 9.87. The minimum atomic E-state index is -1.78. The number of hydrogen-bond donors (Lipinski definition) is 4. The summed E-state index contributed by atoms with van der Waals surface area (Å²) in [5.74, 6) is 0.730. The normalized spacial score (nSPS) is 27.9. The Morgan fingerprint density at radius 2 is 1.75 bits per heavy atom. The first kappa shape index (κ1) is 30.2. The molecule has 6 rings (SSSR count). The highest BCUT2D eigenvalue weighted by Crippen LogP contribution is 2.55. The van der Waals surface area contributed by atoms with E-state index in [1.807, 2.05) is 12.1 Å². The van der Waals surface area contributed by atoms with Crippen LogP contribution in [0.4, 0.5) is 0 Å². The van der Waals surface area contributed by atoms with Crippen molar-refractivity contribution in [1.82, 2.24) is 0 Å². The van der Waals surface area contributed by atoms with Crippen LogP contribution < -0.4 is 23.8 Å². The number of carbonyl (C=O) groups excluding carboxylic acids is 1. The minimum absolute atomic E-state index is 0.117. The molecule has 14 heteroatoms. The van der Waals surface area contributed by atoms with Gasteiger partial charge in [-0.1, -0.05) is 13.8 Å². The molecule has 4 heterocycles. The molecule has 0 saturated carbocycles. The molecule has 14 nitrogen and oxygen atoms in total. The predicted molar refractivity (Wildman–Crippen MR) is 145 cm³/mol. The third-order valence-electron chi connectivity index (χ3n) is 8.02. The van der Waals surface area contributed by atoms with E-state index in [1.165, 1.54) is 0 Å². The van der Waals surface area contributed by atoms with Crippen LogP contribution in [0.15, 0.2) is 24.3 Å². The molecular formula is C30H34O14. The summed E-state index contributed by atoms with van der Waals surface area (Å²) >= 11 is 0. The van der Waals surface area contributed by atoms with E-state index in [0.717, 1.165) is 23.1 Å². The van der Waals surface area contributed by atoms with Gasteiger partial charge in [-0.2, -0.15) is 4.89 Å². The predicted octanol–water partition coefficient (Wildman–Crippen LogP) is 1.75. The summed E-state index contributed by atoms with van der Waals surface area (Å²) in [5.41, 5.74) is 2.55. The Balaban J connectivity index is 1.18. The van der Waals surface area contributed by atoms with Crippen molar-refractivity contribution < 1.29 is 68.2 Å². The molecule has 2 aromatic rings. The van der Waals surface area contributed by atoms with Gasteiger partial charge >= 0.3 is 11.9 Å². The number of rotatable bonds is 10. The fourth-order valence-electron chi connectivity index (χ4n) is 5.71. The van der Waals surface area contributed by atoms with E-state index < -0.39 is 61.8 Å². The van der Waals surface area contributed by atoms with Crippen LogP contribution in [0.3, 0.4) is 0 Å². The van der Waals surface area contributed by atoms with E-state index in [1.54, 1.807) is 12.1 Å². The highest BCUT2D eigenvalue weighted by atomic mass is 17.2. The quantitative estimate of drug-likeness (QED) is 0.130. The average molecular weight is 619 g/mol. The first-order chi connectivity index (χ1) is 21.1. The van der Waals surface area contributed by atoms with E-state index in [2.05, 4.69) is 13.8 Å². The number of ether oxygens (including phenoxy) is 6. The Labute approximate surface area is 251 Å². The van der Waals surface area contributed by atoms with Gasteiger partial charge in [0.15, 0.2) is 29.6 Å². The van der Waals surface area contributed by atoms with Crippen LogP contribution in [0, 0.1) is 5.92 Å². The van der Waals surface area contributed by atoms with Crippen molar-refractivity contribution in [3.05, 3.63) is 41.0 Å². The zero-order valence-corrected chi connectivity index (χ0v) is 24.0. The van der Waals surface area contributed by atoms with Gasteiger partial charge in [0.1, 0.15) is 48.9 Å². The summed E-state index contributed by atoms with van der Waals surface area (Å²) in [6.45, 7) is 4.19. The van der Waals surface area contributed by atoms with E-state index >= 15 is 0 Å². The summed E-state index contributed by atoms with van der Waals surface area (Å²) < 4.78 is 33.8. The molecule has 4 N–H and O–H groups in total. The second-order valence-corrected chi connectivity index (χ2v) is 11.6. The Hall–Kier alpha value is -3.82. The van der Waals surface area contributed by atoms with Gasteiger partial charge in [-0.05, 0) is 42.5 Å². The molecule has 44 heavy (non-hydrogen) atoms. The molecule has 0 bridgehead atoms. The third-order valence-corrected chi connectivity index (χ3v) is 8.02.